The third-order valence-corrected chi connectivity index (χ3v) is 3.11. The van der Waals surface area contributed by atoms with Crippen molar-refractivity contribution in [2.75, 3.05) is 13.7 Å². The van der Waals surface area contributed by atoms with Gasteiger partial charge in [0.15, 0.2) is 0 Å². The van der Waals surface area contributed by atoms with Crippen molar-refractivity contribution in [2.24, 2.45) is 0 Å². The number of benzene rings is 1. The normalized spacial score (nSPS) is 12.1. The van der Waals surface area contributed by atoms with Crippen molar-refractivity contribution in [2.45, 2.75) is 19.4 Å². The van der Waals surface area contributed by atoms with E-state index in [0.29, 0.717) is 0 Å². The van der Waals surface area contributed by atoms with Gasteiger partial charge in [0.2, 0.25) is 0 Å². The van der Waals surface area contributed by atoms with Gasteiger partial charge in [-0.15, -0.1) is 0 Å². The van der Waals surface area contributed by atoms with Gasteiger partial charge in [0.1, 0.15) is 5.75 Å². The van der Waals surface area contributed by atoms with E-state index in [1.165, 1.54) is 11.1 Å². The van der Waals surface area contributed by atoms with E-state index in [-0.39, 0.29) is 6.04 Å². The van der Waals surface area contributed by atoms with Crippen LogP contribution in [0.3, 0.4) is 0 Å². The number of hydrogen-bond acceptors (Lipinski definition) is 3. The fraction of sp³-hybridized carbons (Fsp3) is 0.312. The monoisotopic (exact) mass is 256 g/mol. The SMILES string of the molecule is CCNC(Cc1cccc(OC)c1)c1cccnc1. The number of likely N-dealkylation sites (N-methyl/N-ethyl adjacent to an activating group) is 1. The maximum Gasteiger partial charge on any atom is 0.119 e. The molecule has 1 heterocycles. The van der Waals surface area contributed by atoms with E-state index in [1.54, 1.807) is 13.3 Å². The van der Waals surface area contributed by atoms with Crippen molar-refractivity contribution in [1.29, 1.82) is 0 Å². The van der Waals surface area contributed by atoms with Crippen LogP contribution in [0.4, 0.5) is 0 Å². The number of pyridine rings is 1. The number of methoxy groups -OCH3 is 1. The number of hydrogen-bond donors (Lipinski definition) is 1. The molecule has 1 N–H and O–H groups in total. The molecule has 0 aliphatic carbocycles. The van der Waals surface area contributed by atoms with E-state index >= 15 is 0 Å². The Morgan fingerprint density at radius 1 is 1.26 bits per heavy atom. The number of rotatable bonds is 6. The van der Waals surface area contributed by atoms with E-state index in [2.05, 4.69) is 35.4 Å². The van der Waals surface area contributed by atoms with Gasteiger partial charge in [0, 0.05) is 18.4 Å². The molecule has 100 valence electrons. The highest BCUT2D eigenvalue weighted by atomic mass is 16.5. The Morgan fingerprint density at radius 3 is 2.84 bits per heavy atom. The summed E-state index contributed by atoms with van der Waals surface area (Å²) in [6, 6.07) is 12.6. The van der Waals surface area contributed by atoms with Gasteiger partial charge in [0.05, 0.1) is 7.11 Å². The molecule has 0 aliphatic heterocycles. The summed E-state index contributed by atoms with van der Waals surface area (Å²) in [5, 5.41) is 3.50. The van der Waals surface area contributed by atoms with Crippen molar-refractivity contribution < 1.29 is 4.74 Å². The number of nitrogens with zero attached hydrogens (tertiary/aromatic N) is 1. The third-order valence-electron chi connectivity index (χ3n) is 3.11. The Morgan fingerprint density at radius 2 is 2.16 bits per heavy atom. The van der Waals surface area contributed by atoms with Crippen LogP contribution in [0.5, 0.6) is 5.75 Å². The second-order valence-corrected chi connectivity index (χ2v) is 4.45. The number of aromatic nitrogens is 1. The molecule has 0 saturated heterocycles. The molecule has 19 heavy (non-hydrogen) atoms. The first-order valence-electron chi connectivity index (χ1n) is 6.59. The Labute approximate surface area is 114 Å². The predicted molar refractivity (Wildman–Crippen MR) is 77.4 cm³/mol. The highest BCUT2D eigenvalue weighted by Crippen LogP contribution is 2.20. The lowest BCUT2D eigenvalue weighted by molar-refractivity contribution is 0.414. The molecule has 3 heteroatoms. The van der Waals surface area contributed by atoms with E-state index in [1.807, 2.05) is 24.4 Å². The van der Waals surface area contributed by atoms with Gasteiger partial charge >= 0.3 is 0 Å². The highest BCUT2D eigenvalue weighted by molar-refractivity contribution is 5.30. The minimum absolute atomic E-state index is 0.283. The Balaban J connectivity index is 2.16. The van der Waals surface area contributed by atoms with Crippen molar-refractivity contribution in [1.82, 2.24) is 10.3 Å². The van der Waals surface area contributed by atoms with Crippen LogP contribution >= 0.6 is 0 Å². The van der Waals surface area contributed by atoms with Crippen molar-refractivity contribution >= 4 is 0 Å². The average Bonchev–Trinajstić information content (AvgIpc) is 2.48. The van der Waals surface area contributed by atoms with Gasteiger partial charge in [0.25, 0.3) is 0 Å². The molecule has 2 aromatic rings. The van der Waals surface area contributed by atoms with Crippen LogP contribution < -0.4 is 10.1 Å². The second-order valence-electron chi connectivity index (χ2n) is 4.45. The summed E-state index contributed by atoms with van der Waals surface area (Å²) >= 11 is 0. The van der Waals surface area contributed by atoms with E-state index in [4.69, 9.17) is 4.74 Å². The second kappa shape index (κ2) is 6.90. The molecular weight excluding hydrogens is 236 g/mol. The summed E-state index contributed by atoms with van der Waals surface area (Å²) in [7, 11) is 1.70. The quantitative estimate of drug-likeness (QED) is 0.862. The van der Waals surface area contributed by atoms with Gasteiger partial charge < -0.3 is 10.1 Å². The molecule has 0 bridgehead atoms. The van der Waals surface area contributed by atoms with E-state index in [0.717, 1.165) is 18.7 Å². The fourth-order valence-corrected chi connectivity index (χ4v) is 2.17. The summed E-state index contributed by atoms with van der Waals surface area (Å²) in [5.74, 6) is 0.902. The summed E-state index contributed by atoms with van der Waals surface area (Å²) in [6.07, 6.45) is 4.66. The van der Waals surface area contributed by atoms with Crippen LogP contribution in [0.25, 0.3) is 0 Å². The largest absolute Gasteiger partial charge is 0.497 e. The molecular formula is C16H20N2O. The molecule has 0 amide bonds. The smallest absolute Gasteiger partial charge is 0.119 e. The van der Waals surface area contributed by atoms with Crippen LogP contribution in [-0.4, -0.2) is 18.6 Å². The predicted octanol–water partition coefficient (Wildman–Crippen LogP) is 2.98. The maximum atomic E-state index is 5.27. The third kappa shape index (κ3) is 3.80. The minimum Gasteiger partial charge on any atom is -0.497 e. The van der Waals surface area contributed by atoms with E-state index < -0.39 is 0 Å². The van der Waals surface area contributed by atoms with Gasteiger partial charge in [-0.25, -0.2) is 0 Å². The molecule has 0 radical (unpaired) electrons. The lowest BCUT2D eigenvalue weighted by Gasteiger charge is -2.18. The van der Waals surface area contributed by atoms with Crippen LogP contribution in [0.1, 0.15) is 24.1 Å². The fourth-order valence-electron chi connectivity index (χ4n) is 2.17. The number of ether oxygens (including phenoxy) is 1. The maximum absolute atomic E-state index is 5.27. The zero-order valence-electron chi connectivity index (χ0n) is 11.5. The molecule has 2 rings (SSSR count). The molecule has 1 atom stereocenters. The molecule has 0 spiro atoms. The minimum atomic E-state index is 0.283. The van der Waals surface area contributed by atoms with Crippen LogP contribution in [0.15, 0.2) is 48.8 Å². The van der Waals surface area contributed by atoms with Gasteiger partial charge in [-0.3, -0.25) is 4.98 Å². The topological polar surface area (TPSA) is 34.1 Å². The van der Waals surface area contributed by atoms with Gasteiger partial charge in [-0.05, 0) is 42.3 Å². The summed E-state index contributed by atoms with van der Waals surface area (Å²) in [4.78, 5) is 4.20. The molecule has 3 nitrogen and oxygen atoms in total. The van der Waals surface area contributed by atoms with Gasteiger partial charge in [-0.2, -0.15) is 0 Å². The summed E-state index contributed by atoms with van der Waals surface area (Å²) in [5.41, 5.74) is 2.47. The molecule has 1 aromatic heterocycles. The van der Waals surface area contributed by atoms with E-state index in [9.17, 15) is 0 Å². The first-order chi connectivity index (χ1) is 9.33. The average molecular weight is 256 g/mol. The lowest BCUT2D eigenvalue weighted by atomic mass is 10.00. The number of nitrogens with one attached hydrogen (secondary N) is 1. The Hall–Kier alpha value is -1.87. The highest BCUT2D eigenvalue weighted by Gasteiger charge is 2.11. The molecule has 1 aromatic carbocycles. The van der Waals surface area contributed by atoms with Crippen LogP contribution in [0.2, 0.25) is 0 Å². The van der Waals surface area contributed by atoms with Crippen LogP contribution in [-0.2, 0) is 6.42 Å². The molecule has 1 unspecified atom stereocenters. The van der Waals surface area contributed by atoms with Gasteiger partial charge in [-0.1, -0.05) is 25.1 Å². The Bertz CT molecular complexity index is 499. The lowest BCUT2D eigenvalue weighted by Crippen LogP contribution is -2.23. The molecule has 0 aliphatic rings. The molecule has 0 saturated carbocycles. The summed E-state index contributed by atoms with van der Waals surface area (Å²) in [6.45, 7) is 3.05. The Kier molecular flexibility index (Phi) is 4.93. The van der Waals surface area contributed by atoms with Crippen molar-refractivity contribution in [3.05, 3.63) is 59.9 Å². The molecule has 0 fully saturated rings. The van der Waals surface area contributed by atoms with Crippen molar-refractivity contribution in [3.8, 4) is 5.75 Å². The summed E-state index contributed by atoms with van der Waals surface area (Å²) < 4.78 is 5.27. The standard InChI is InChI=1S/C16H20N2O/c1-3-18-16(14-7-5-9-17-12-14)11-13-6-4-8-15(10-13)19-2/h4-10,12,16,18H,3,11H2,1-2H3. The zero-order chi connectivity index (χ0) is 13.5. The first-order valence-corrected chi connectivity index (χ1v) is 6.59. The van der Waals surface area contributed by atoms with Crippen molar-refractivity contribution in [3.63, 3.8) is 0 Å². The zero-order valence-corrected chi connectivity index (χ0v) is 11.5. The first kappa shape index (κ1) is 13.6. The van der Waals surface area contributed by atoms with Crippen LogP contribution in [0, 0.1) is 0 Å².